The zero-order valence-electron chi connectivity index (χ0n) is 11.9. The number of nitrogens with zero attached hydrogens (tertiary/aromatic N) is 2. The third-order valence-electron chi connectivity index (χ3n) is 3.21. The number of nitrogens with one attached hydrogen (secondary N) is 1. The lowest BCUT2D eigenvalue weighted by Gasteiger charge is -2.28. The first kappa shape index (κ1) is 16.2. The number of carbonyl (C=O) groups excluding carboxylic acids is 1. The minimum Gasteiger partial charge on any atom is -0.481 e. The molecule has 0 saturated heterocycles. The van der Waals surface area contributed by atoms with E-state index >= 15 is 0 Å². The molecule has 2 heterocycles. The Kier molecular flexibility index (Phi) is 4.96. The van der Waals surface area contributed by atoms with E-state index in [4.69, 9.17) is 5.11 Å². The summed E-state index contributed by atoms with van der Waals surface area (Å²) in [6.45, 7) is 0.591. The third-order valence-corrected chi connectivity index (χ3v) is 4.35. The number of fused-ring (bicyclic) bond motifs is 1. The molecule has 0 aromatic carbocycles. The van der Waals surface area contributed by atoms with Gasteiger partial charge in [0, 0.05) is 25.7 Å². The zero-order valence-corrected chi connectivity index (χ0v) is 12.7. The number of carboxylic acids is 1. The smallest absolute Gasteiger partial charge is 0.303 e. The molecule has 2 aliphatic heterocycles. The fourth-order valence-electron chi connectivity index (χ4n) is 2.09. The predicted octanol–water partition coefficient (Wildman–Crippen LogP) is -0.145. The second-order valence-corrected chi connectivity index (χ2v) is 6.68. The summed E-state index contributed by atoms with van der Waals surface area (Å²) in [4.78, 5) is 24.1. The number of aliphatic carboxylic acids is 1. The topological polar surface area (TPSA) is 116 Å². The molecule has 1 amide bonds. The summed E-state index contributed by atoms with van der Waals surface area (Å²) in [5, 5.41) is 11.2. The number of hydrogen-bond acceptors (Lipinski definition) is 5. The highest BCUT2D eigenvalue weighted by molar-refractivity contribution is 7.90. The monoisotopic (exact) mass is 327 g/mol. The van der Waals surface area contributed by atoms with E-state index in [0.29, 0.717) is 19.4 Å². The van der Waals surface area contributed by atoms with E-state index in [-0.39, 0.29) is 30.1 Å². The number of sulfonamides is 1. The number of amidine groups is 1. The van der Waals surface area contributed by atoms with Crippen LogP contribution in [0.25, 0.3) is 0 Å². The van der Waals surface area contributed by atoms with Gasteiger partial charge >= 0.3 is 5.97 Å². The van der Waals surface area contributed by atoms with Gasteiger partial charge < -0.3 is 15.3 Å². The highest BCUT2D eigenvalue weighted by Crippen LogP contribution is 2.17. The highest BCUT2D eigenvalue weighted by Gasteiger charge is 2.29. The minimum atomic E-state index is -3.53. The molecule has 8 nitrogen and oxygen atoms in total. The standard InChI is InChI=1S/C13H17N3O5S/c17-11(18)5-1-2-6-14-13(19)10-4-3-7-16-8-9-22(20,21)15-12(10)16/h3-4,7H,1-2,5-6,8-9H2,(H,14,19)(H,17,18). The van der Waals surface area contributed by atoms with Crippen molar-refractivity contribution in [1.29, 1.82) is 0 Å². The average Bonchev–Trinajstić information content (AvgIpc) is 2.44. The molecule has 0 spiro atoms. The molecule has 0 atom stereocenters. The number of allylic oxidation sites excluding steroid dienone is 2. The van der Waals surface area contributed by atoms with E-state index in [0.717, 1.165) is 0 Å². The molecule has 120 valence electrons. The normalized spacial score (nSPS) is 19.0. The van der Waals surface area contributed by atoms with Gasteiger partial charge in [0.1, 0.15) is 0 Å². The van der Waals surface area contributed by atoms with Crippen molar-refractivity contribution in [2.75, 3.05) is 18.8 Å². The predicted molar refractivity (Wildman–Crippen MR) is 79.6 cm³/mol. The summed E-state index contributed by atoms with van der Waals surface area (Å²) in [6.07, 6.45) is 5.92. The number of carbonyl (C=O) groups is 2. The van der Waals surface area contributed by atoms with Gasteiger partial charge in [0.05, 0.1) is 11.3 Å². The maximum absolute atomic E-state index is 12.1. The first-order chi connectivity index (χ1) is 10.4. The van der Waals surface area contributed by atoms with Crippen molar-refractivity contribution in [2.45, 2.75) is 19.3 Å². The zero-order chi connectivity index (χ0) is 16.2. The average molecular weight is 327 g/mol. The lowest BCUT2D eigenvalue weighted by atomic mass is 10.1. The Morgan fingerprint density at radius 1 is 1.36 bits per heavy atom. The number of rotatable bonds is 6. The minimum absolute atomic E-state index is 0.0556. The van der Waals surface area contributed by atoms with Gasteiger partial charge in [-0.2, -0.15) is 0 Å². The maximum atomic E-state index is 12.1. The van der Waals surface area contributed by atoms with Crippen molar-refractivity contribution in [2.24, 2.45) is 4.40 Å². The van der Waals surface area contributed by atoms with Crippen LogP contribution in [0.2, 0.25) is 0 Å². The quantitative estimate of drug-likeness (QED) is 0.656. The molecule has 0 aliphatic carbocycles. The van der Waals surface area contributed by atoms with Crippen molar-refractivity contribution in [3.8, 4) is 0 Å². The lowest BCUT2D eigenvalue weighted by Crippen LogP contribution is -2.42. The van der Waals surface area contributed by atoms with Gasteiger partial charge in [-0.1, -0.05) is 0 Å². The molecule has 2 aliphatic rings. The summed E-state index contributed by atoms with van der Waals surface area (Å²) in [5.74, 6) is -1.23. The molecule has 2 rings (SSSR count). The Hall–Kier alpha value is -2.16. The van der Waals surface area contributed by atoms with E-state index in [2.05, 4.69) is 9.71 Å². The van der Waals surface area contributed by atoms with Crippen LogP contribution in [0.3, 0.4) is 0 Å². The van der Waals surface area contributed by atoms with Crippen molar-refractivity contribution >= 4 is 27.7 Å². The van der Waals surface area contributed by atoms with E-state index in [1.165, 1.54) is 6.08 Å². The van der Waals surface area contributed by atoms with Crippen molar-refractivity contribution in [3.63, 3.8) is 0 Å². The number of unbranched alkanes of at least 4 members (excludes halogenated alkanes) is 1. The van der Waals surface area contributed by atoms with Gasteiger partial charge in [0.2, 0.25) is 0 Å². The van der Waals surface area contributed by atoms with Gasteiger partial charge in [0.15, 0.2) is 5.84 Å². The van der Waals surface area contributed by atoms with Gasteiger partial charge in [0.25, 0.3) is 15.9 Å². The third kappa shape index (κ3) is 4.17. The summed E-state index contributed by atoms with van der Waals surface area (Å²) >= 11 is 0. The Morgan fingerprint density at radius 2 is 2.14 bits per heavy atom. The molecule has 0 bridgehead atoms. The Balaban J connectivity index is 1.97. The second-order valence-electron chi connectivity index (χ2n) is 4.92. The van der Waals surface area contributed by atoms with Crippen LogP contribution in [0.5, 0.6) is 0 Å². The Labute approximate surface area is 128 Å². The van der Waals surface area contributed by atoms with Gasteiger partial charge in [-0.25, -0.2) is 8.42 Å². The maximum Gasteiger partial charge on any atom is 0.303 e. The van der Waals surface area contributed by atoms with E-state index in [1.54, 1.807) is 17.2 Å². The van der Waals surface area contributed by atoms with Crippen LogP contribution in [0, 0.1) is 0 Å². The molecule has 0 saturated carbocycles. The fraction of sp³-hybridized carbons (Fsp3) is 0.462. The van der Waals surface area contributed by atoms with Crippen LogP contribution in [-0.2, 0) is 19.6 Å². The van der Waals surface area contributed by atoms with E-state index in [1.807, 2.05) is 0 Å². The number of amides is 1. The largest absolute Gasteiger partial charge is 0.481 e. The molecular formula is C13H17N3O5S. The molecule has 0 radical (unpaired) electrons. The first-order valence-electron chi connectivity index (χ1n) is 6.87. The van der Waals surface area contributed by atoms with Crippen LogP contribution in [-0.4, -0.2) is 55.0 Å². The van der Waals surface area contributed by atoms with Gasteiger partial charge in [-0.05, 0) is 25.0 Å². The van der Waals surface area contributed by atoms with Gasteiger partial charge in [-0.15, -0.1) is 4.40 Å². The highest BCUT2D eigenvalue weighted by atomic mass is 32.2. The summed E-state index contributed by atoms with van der Waals surface area (Å²) in [5.41, 5.74) is 0.198. The Bertz CT molecular complexity index is 663. The van der Waals surface area contributed by atoms with E-state index < -0.39 is 21.9 Å². The molecule has 0 aromatic heterocycles. The SMILES string of the molecule is O=C(O)CCCCNC(=O)C1=CC=CN2CCS(=O)(=O)N=C12. The molecular weight excluding hydrogens is 310 g/mol. The van der Waals surface area contributed by atoms with Crippen molar-refractivity contribution < 1.29 is 23.1 Å². The van der Waals surface area contributed by atoms with Crippen LogP contribution in [0.4, 0.5) is 0 Å². The number of hydrogen-bond donors (Lipinski definition) is 2. The molecule has 0 unspecified atom stereocenters. The summed E-state index contributed by atoms with van der Waals surface area (Å²) in [6, 6.07) is 0. The Morgan fingerprint density at radius 3 is 2.86 bits per heavy atom. The van der Waals surface area contributed by atoms with Crippen LogP contribution >= 0.6 is 0 Å². The van der Waals surface area contributed by atoms with Gasteiger partial charge in [-0.3, -0.25) is 9.59 Å². The van der Waals surface area contributed by atoms with Crippen molar-refractivity contribution in [3.05, 3.63) is 23.9 Å². The summed E-state index contributed by atoms with van der Waals surface area (Å²) < 4.78 is 26.8. The molecule has 9 heteroatoms. The van der Waals surface area contributed by atoms with Crippen molar-refractivity contribution in [1.82, 2.24) is 10.2 Å². The van der Waals surface area contributed by atoms with Crippen LogP contribution in [0.15, 0.2) is 28.3 Å². The van der Waals surface area contributed by atoms with Crippen LogP contribution in [0.1, 0.15) is 19.3 Å². The summed E-state index contributed by atoms with van der Waals surface area (Å²) in [7, 11) is -3.53. The molecule has 2 N–H and O–H groups in total. The van der Waals surface area contributed by atoms with E-state index in [9.17, 15) is 18.0 Å². The lowest BCUT2D eigenvalue weighted by molar-refractivity contribution is -0.137. The molecule has 0 fully saturated rings. The molecule has 22 heavy (non-hydrogen) atoms. The fourth-order valence-corrected chi connectivity index (χ4v) is 3.08. The first-order valence-corrected chi connectivity index (χ1v) is 8.48. The van der Waals surface area contributed by atoms with Crippen LogP contribution < -0.4 is 5.32 Å². The molecule has 0 aromatic rings. The number of carboxylic acid groups (broad SMARTS) is 1. The second kappa shape index (κ2) is 6.73.